The lowest BCUT2D eigenvalue weighted by molar-refractivity contribution is -0.154. The minimum atomic E-state index is -4.22. The number of aliphatic hydroxyl groups is 1. The Bertz CT molecular complexity index is 1420. The van der Waals surface area contributed by atoms with E-state index in [2.05, 4.69) is 20.9 Å². The molecule has 1 unspecified atom stereocenters. The van der Waals surface area contributed by atoms with Gasteiger partial charge in [-0.1, -0.05) is 70.0 Å². The van der Waals surface area contributed by atoms with Gasteiger partial charge in [-0.2, -0.15) is 8.42 Å². The lowest BCUT2D eigenvalue weighted by atomic mass is 9.71. The van der Waals surface area contributed by atoms with E-state index in [-0.39, 0.29) is 16.5 Å². The molecule has 2 aliphatic rings. The highest BCUT2D eigenvalue weighted by molar-refractivity contribution is 9.10. The van der Waals surface area contributed by atoms with Crippen molar-refractivity contribution in [2.45, 2.75) is 23.2 Å². The first kappa shape index (κ1) is 24.2. The minimum Gasteiger partial charge on any atom is -0.481 e. The number of rotatable bonds is 5. The summed E-state index contributed by atoms with van der Waals surface area (Å²) in [6.07, 6.45) is 0.319. The van der Waals surface area contributed by atoms with E-state index in [1.54, 1.807) is 54.6 Å². The Labute approximate surface area is 214 Å². The van der Waals surface area contributed by atoms with Crippen LogP contribution in [0.1, 0.15) is 22.7 Å². The second-order valence-corrected chi connectivity index (χ2v) is 11.5. The third-order valence-electron chi connectivity index (χ3n) is 6.55. The average molecular weight is 581 g/mol. The van der Waals surface area contributed by atoms with Crippen LogP contribution in [0, 0.1) is 5.92 Å². The van der Waals surface area contributed by atoms with E-state index in [4.69, 9.17) is 20.5 Å². The summed E-state index contributed by atoms with van der Waals surface area (Å²) in [7, 11) is -4.22. The summed E-state index contributed by atoms with van der Waals surface area (Å²) in [6, 6.07) is 16.9. The molecule has 2 heterocycles. The van der Waals surface area contributed by atoms with Gasteiger partial charge in [-0.25, -0.2) is 0 Å². The van der Waals surface area contributed by atoms with Gasteiger partial charge < -0.3 is 14.9 Å². The Morgan fingerprint density at radius 1 is 1.17 bits per heavy atom. The van der Waals surface area contributed by atoms with E-state index in [0.29, 0.717) is 11.1 Å². The molecule has 0 bridgehead atoms. The predicted octanol–water partition coefficient (Wildman–Crippen LogP) is 3.82. The second kappa shape index (κ2) is 8.28. The van der Waals surface area contributed by atoms with Crippen molar-refractivity contribution in [2.75, 3.05) is 6.26 Å². The SMILES string of the molecule is CS(=O)(=O)O[C@@H]1[C@H](C(=O)O)[C@@H](c2ccccc2)[C@]2(c3ccc(Br)cc3)Oc3cc(Cl)cnc3C12O. The molecule has 0 saturated heterocycles. The van der Waals surface area contributed by atoms with Crippen molar-refractivity contribution in [2.24, 2.45) is 5.92 Å². The Morgan fingerprint density at radius 3 is 2.43 bits per heavy atom. The molecule has 0 radical (unpaired) electrons. The van der Waals surface area contributed by atoms with Crippen LogP contribution in [0.3, 0.4) is 0 Å². The number of benzene rings is 2. The maximum atomic E-state index is 12.8. The molecule has 1 saturated carbocycles. The number of carboxylic acids is 1. The van der Waals surface area contributed by atoms with Crippen LogP contribution in [0.5, 0.6) is 5.75 Å². The molecule has 1 aliphatic heterocycles. The first-order chi connectivity index (χ1) is 16.5. The van der Waals surface area contributed by atoms with Crippen molar-refractivity contribution in [3.8, 4) is 5.75 Å². The first-order valence-corrected chi connectivity index (χ1v) is 13.5. The van der Waals surface area contributed by atoms with Gasteiger partial charge in [-0.15, -0.1) is 0 Å². The maximum Gasteiger partial charge on any atom is 0.310 e. The van der Waals surface area contributed by atoms with Gasteiger partial charge in [0.2, 0.25) is 0 Å². The molecule has 2 N–H and O–H groups in total. The molecule has 5 rings (SSSR count). The summed E-state index contributed by atoms with van der Waals surface area (Å²) in [4.78, 5) is 17.0. The highest BCUT2D eigenvalue weighted by Gasteiger charge is 2.79. The van der Waals surface area contributed by atoms with Crippen LogP contribution in [0.2, 0.25) is 5.02 Å². The second-order valence-electron chi connectivity index (χ2n) is 8.58. The summed E-state index contributed by atoms with van der Waals surface area (Å²) in [5, 5.41) is 23.1. The Kier molecular flexibility index (Phi) is 5.72. The van der Waals surface area contributed by atoms with Crippen molar-refractivity contribution in [3.63, 3.8) is 0 Å². The van der Waals surface area contributed by atoms with Crippen molar-refractivity contribution >= 4 is 43.6 Å². The molecule has 2 aromatic carbocycles. The molecule has 1 aliphatic carbocycles. The summed E-state index contributed by atoms with van der Waals surface area (Å²) >= 11 is 9.55. The van der Waals surface area contributed by atoms with E-state index in [9.17, 15) is 23.4 Å². The van der Waals surface area contributed by atoms with Crippen molar-refractivity contribution in [3.05, 3.63) is 93.2 Å². The lowest BCUT2D eigenvalue weighted by Gasteiger charge is -2.40. The van der Waals surface area contributed by atoms with Gasteiger partial charge in [0.1, 0.15) is 17.5 Å². The van der Waals surface area contributed by atoms with E-state index in [1.807, 2.05) is 0 Å². The van der Waals surface area contributed by atoms with Crippen LogP contribution in [0.25, 0.3) is 0 Å². The summed E-state index contributed by atoms with van der Waals surface area (Å²) in [6.45, 7) is 0. The number of pyridine rings is 1. The fraction of sp³-hybridized carbons (Fsp3) is 0.250. The number of ether oxygens (including phenoxy) is 1. The van der Waals surface area contributed by atoms with Gasteiger partial charge in [0.15, 0.2) is 11.2 Å². The van der Waals surface area contributed by atoms with Gasteiger partial charge in [-0.3, -0.25) is 14.0 Å². The van der Waals surface area contributed by atoms with Crippen LogP contribution in [-0.2, 0) is 30.3 Å². The lowest BCUT2D eigenvalue weighted by Crippen LogP contribution is -2.53. The molecule has 11 heteroatoms. The molecule has 1 fully saturated rings. The van der Waals surface area contributed by atoms with Crippen LogP contribution in [0.15, 0.2) is 71.3 Å². The number of hydrogen-bond donors (Lipinski definition) is 2. The van der Waals surface area contributed by atoms with E-state index < -0.39 is 45.2 Å². The van der Waals surface area contributed by atoms with Crippen LogP contribution in [0.4, 0.5) is 0 Å². The third-order valence-corrected chi connectivity index (χ3v) is 7.84. The number of hydrogen-bond acceptors (Lipinski definition) is 7. The Balaban J connectivity index is 1.91. The highest BCUT2D eigenvalue weighted by Crippen LogP contribution is 2.69. The quantitative estimate of drug-likeness (QED) is 0.437. The van der Waals surface area contributed by atoms with Gasteiger partial charge in [0.05, 0.1) is 17.2 Å². The van der Waals surface area contributed by atoms with Gasteiger partial charge in [0, 0.05) is 22.7 Å². The Morgan fingerprint density at radius 2 is 1.83 bits per heavy atom. The molecule has 1 aromatic heterocycles. The molecule has 0 spiro atoms. The van der Waals surface area contributed by atoms with Gasteiger partial charge in [0.25, 0.3) is 10.1 Å². The van der Waals surface area contributed by atoms with E-state index >= 15 is 0 Å². The summed E-state index contributed by atoms with van der Waals surface area (Å²) < 4.78 is 37.3. The number of fused-ring (bicyclic) bond motifs is 3. The molecule has 5 atom stereocenters. The number of aliphatic carboxylic acids is 1. The van der Waals surface area contributed by atoms with Crippen molar-refractivity contribution < 1.29 is 32.3 Å². The number of nitrogens with zero attached hydrogens (tertiary/aromatic N) is 1. The topological polar surface area (TPSA) is 123 Å². The van der Waals surface area contributed by atoms with E-state index in [0.717, 1.165) is 10.7 Å². The Hall–Kier alpha value is -2.50. The zero-order valence-electron chi connectivity index (χ0n) is 18.1. The molecule has 35 heavy (non-hydrogen) atoms. The van der Waals surface area contributed by atoms with Crippen molar-refractivity contribution in [1.29, 1.82) is 0 Å². The van der Waals surface area contributed by atoms with E-state index in [1.165, 1.54) is 12.3 Å². The largest absolute Gasteiger partial charge is 0.481 e. The normalized spacial score (nSPS) is 29.3. The standard InChI is InChI=1S/C24H19BrClNO7S/c1-35(31,32)34-21-18(22(28)29)19(13-5-3-2-4-6-13)24(14-7-9-15(25)10-8-14)23(21,30)20-17(33-24)11-16(26)12-27-20/h2-12,18-19,21,30H,1H3,(H,28,29)/t18-,19-,21-,23?,24+/m1/s1. The van der Waals surface area contributed by atoms with Crippen LogP contribution in [-0.4, -0.2) is 41.9 Å². The predicted molar refractivity (Wildman–Crippen MR) is 130 cm³/mol. The summed E-state index contributed by atoms with van der Waals surface area (Å²) in [5.74, 6) is -3.85. The number of aromatic nitrogens is 1. The smallest absolute Gasteiger partial charge is 0.310 e. The average Bonchev–Trinajstić information content (AvgIpc) is 3.16. The highest BCUT2D eigenvalue weighted by atomic mass is 79.9. The molecular formula is C24H19BrClNO7S. The number of halogens is 2. The maximum absolute atomic E-state index is 12.8. The van der Waals surface area contributed by atoms with Crippen molar-refractivity contribution in [1.82, 2.24) is 4.98 Å². The minimum absolute atomic E-state index is 0.0526. The summed E-state index contributed by atoms with van der Waals surface area (Å²) in [5.41, 5.74) is -3.25. The monoisotopic (exact) mass is 579 g/mol. The molecule has 0 amide bonds. The number of carboxylic acid groups (broad SMARTS) is 1. The third kappa shape index (κ3) is 3.58. The molecule has 3 aromatic rings. The fourth-order valence-corrected chi connectivity index (χ4v) is 6.44. The van der Waals surface area contributed by atoms with Gasteiger partial charge in [-0.05, 0) is 23.3 Å². The first-order valence-electron chi connectivity index (χ1n) is 10.5. The number of carbonyl (C=O) groups is 1. The van der Waals surface area contributed by atoms with Crippen LogP contribution >= 0.6 is 27.5 Å². The molecular weight excluding hydrogens is 562 g/mol. The fourth-order valence-electron chi connectivity index (χ4n) is 5.39. The molecule has 182 valence electrons. The molecule has 8 nitrogen and oxygen atoms in total. The van der Waals surface area contributed by atoms with Gasteiger partial charge >= 0.3 is 5.97 Å². The zero-order chi connectivity index (χ0) is 25.2. The van der Waals surface area contributed by atoms with Crippen LogP contribution < -0.4 is 4.74 Å². The zero-order valence-corrected chi connectivity index (χ0v) is 21.3.